The molecule has 0 aliphatic carbocycles. The van der Waals surface area contributed by atoms with Crippen LogP contribution in [-0.4, -0.2) is 44.6 Å². The first kappa shape index (κ1) is 17.7. The van der Waals surface area contributed by atoms with E-state index in [1.165, 1.54) is 18.2 Å². The highest BCUT2D eigenvalue weighted by molar-refractivity contribution is 7.92. The highest BCUT2D eigenvalue weighted by Crippen LogP contribution is 2.24. The van der Waals surface area contributed by atoms with E-state index in [2.05, 4.69) is 6.92 Å². The lowest BCUT2D eigenvalue weighted by Crippen LogP contribution is -2.51. The summed E-state index contributed by atoms with van der Waals surface area (Å²) in [6.07, 6.45) is 3.01. The van der Waals surface area contributed by atoms with Crippen molar-refractivity contribution in [2.75, 3.05) is 23.7 Å². The Hall–Kier alpha value is -1.63. The molecule has 0 saturated carbocycles. The summed E-state index contributed by atoms with van der Waals surface area (Å²) in [5, 5.41) is 0. The van der Waals surface area contributed by atoms with Crippen LogP contribution in [0.1, 0.15) is 26.7 Å². The summed E-state index contributed by atoms with van der Waals surface area (Å²) < 4.78 is 38.8. The van der Waals surface area contributed by atoms with E-state index in [0.717, 1.165) is 29.5 Å². The average molecular weight is 342 g/mol. The molecule has 0 aromatic heterocycles. The number of carbonyl (C=O) groups excluding carboxylic acids is 1. The number of hydrogen-bond donors (Lipinski definition) is 0. The van der Waals surface area contributed by atoms with Crippen LogP contribution in [-0.2, 0) is 14.8 Å². The SMILES string of the molecule is C[C@H]1CCCN(C(=O)[C@@H](C)N(c2cccc(F)c2)S(C)(=O)=O)C1. The molecule has 1 aliphatic heterocycles. The topological polar surface area (TPSA) is 57.7 Å². The molecule has 0 radical (unpaired) electrons. The molecule has 2 rings (SSSR count). The number of likely N-dealkylation sites (tertiary alicyclic amines) is 1. The fourth-order valence-corrected chi connectivity index (χ4v) is 4.23. The number of hydrogen-bond acceptors (Lipinski definition) is 3. The minimum Gasteiger partial charge on any atom is -0.341 e. The maximum absolute atomic E-state index is 13.5. The maximum Gasteiger partial charge on any atom is 0.246 e. The molecule has 1 saturated heterocycles. The van der Waals surface area contributed by atoms with E-state index in [1.807, 2.05) is 0 Å². The number of piperidine rings is 1. The van der Waals surface area contributed by atoms with Gasteiger partial charge >= 0.3 is 0 Å². The molecule has 128 valence electrons. The predicted octanol–water partition coefficient (Wildman–Crippen LogP) is 2.24. The van der Waals surface area contributed by atoms with E-state index in [4.69, 9.17) is 0 Å². The van der Waals surface area contributed by atoms with E-state index in [-0.39, 0.29) is 11.6 Å². The van der Waals surface area contributed by atoms with Gasteiger partial charge in [0.05, 0.1) is 11.9 Å². The number of anilines is 1. The molecule has 2 atom stereocenters. The Bertz CT molecular complexity index is 678. The summed E-state index contributed by atoms with van der Waals surface area (Å²) in [6, 6.07) is 4.39. The van der Waals surface area contributed by atoms with Gasteiger partial charge in [-0.3, -0.25) is 9.10 Å². The first-order valence-electron chi connectivity index (χ1n) is 7.74. The molecule has 23 heavy (non-hydrogen) atoms. The number of halogens is 1. The van der Waals surface area contributed by atoms with Crippen LogP contribution in [0.4, 0.5) is 10.1 Å². The maximum atomic E-state index is 13.5. The van der Waals surface area contributed by atoms with Crippen LogP contribution in [0.2, 0.25) is 0 Å². The third kappa shape index (κ3) is 4.22. The van der Waals surface area contributed by atoms with Crippen molar-refractivity contribution in [2.24, 2.45) is 5.92 Å². The average Bonchev–Trinajstić information content (AvgIpc) is 2.45. The summed E-state index contributed by atoms with van der Waals surface area (Å²) >= 11 is 0. The fourth-order valence-electron chi connectivity index (χ4n) is 3.07. The summed E-state index contributed by atoms with van der Waals surface area (Å²) in [7, 11) is -3.71. The third-order valence-electron chi connectivity index (χ3n) is 4.10. The zero-order valence-electron chi connectivity index (χ0n) is 13.7. The first-order valence-corrected chi connectivity index (χ1v) is 9.58. The van der Waals surface area contributed by atoms with Gasteiger partial charge in [-0.2, -0.15) is 0 Å². The summed E-state index contributed by atoms with van der Waals surface area (Å²) in [5.41, 5.74) is 0.165. The second-order valence-electron chi connectivity index (χ2n) is 6.25. The summed E-state index contributed by atoms with van der Waals surface area (Å²) in [4.78, 5) is 14.4. The highest BCUT2D eigenvalue weighted by atomic mass is 32.2. The van der Waals surface area contributed by atoms with E-state index in [1.54, 1.807) is 11.8 Å². The Labute approximate surface area is 137 Å². The van der Waals surface area contributed by atoms with Crippen LogP contribution in [0.15, 0.2) is 24.3 Å². The molecular weight excluding hydrogens is 319 g/mol. The van der Waals surface area contributed by atoms with Gasteiger partial charge in [-0.25, -0.2) is 12.8 Å². The van der Waals surface area contributed by atoms with Crippen LogP contribution in [0, 0.1) is 11.7 Å². The van der Waals surface area contributed by atoms with Crippen molar-refractivity contribution in [1.29, 1.82) is 0 Å². The monoisotopic (exact) mass is 342 g/mol. The largest absolute Gasteiger partial charge is 0.341 e. The molecule has 0 spiro atoms. The molecule has 7 heteroatoms. The predicted molar refractivity (Wildman–Crippen MR) is 88.2 cm³/mol. The minimum absolute atomic E-state index is 0.165. The van der Waals surface area contributed by atoms with Crippen molar-refractivity contribution in [2.45, 2.75) is 32.7 Å². The smallest absolute Gasteiger partial charge is 0.246 e. The van der Waals surface area contributed by atoms with Gasteiger partial charge in [-0.05, 0) is 43.9 Å². The highest BCUT2D eigenvalue weighted by Gasteiger charge is 2.33. The molecule has 0 bridgehead atoms. The molecule has 5 nitrogen and oxygen atoms in total. The quantitative estimate of drug-likeness (QED) is 0.843. The number of benzene rings is 1. The van der Waals surface area contributed by atoms with Crippen molar-refractivity contribution in [3.63, 3.8) is 0 Å². The molecule has 1 heterocycles. The number of amides is 1. The Kier molecular flexibility index (Phi) is 5.29. The van der Waals surface area contributed by atoms with Crippen LogP contribution < -0.4 is 4.31 Å². The van der Waals surface area contributed by atoms with E-state index in [0.29, 0.717) is 19.0 Å². The number of sulfonamides is 1. The molecule has 0 N–H and O–H groups in total. The van der Waals surface area contributed by atoms with E-state index < -0.39 is 21.9 Å². The Morgan fingerprint density at radius 2 is 2.13 bits per heavy atom. The molecule has 1 aromatic carbocycles. The summed E-state index contributed by atoms with van der Waals surface area (Å²) in [6.45, 7) is 4.89. The second-order valence-corrected chi connectivity index (χ2v) is 8.11. The number of rotatable bonds is 4. The van der Waals surface area contributed by atoms with Crippen LogP contribution in [0.5, 0.6) is 0 Å². The van der Waals surface area contributed by atoms with E-state index in [9.17, 15) is 17.6 Å². The number of nitrogens with zero attached hydrogens (tertiary/aromatic N) is 2. The summed E-state index contributed by atoms with van der Waals surface area (Å²) in [5.74, 6) is -0.380. The normalized spacial score (nSPS) is 20.2. The Balaban J connectivity index is 2.30. The Morgan fingerprint density at radius 1 is 1.43 bits per heavy atom. The fraction of sp³-hybridized carbons (Fsp3) is 0.562. The van der Waals surface area contributed by atoms with Gasteiger partial charge in [0.15, 0.2) is 0 Å². The standard InChI is InChI=1S/C16H23FN2O3S/c1-12-6-5-9-18(11-12)16(20)13(2)19(23(3,21)22)15-8-4-7-14(17)10-15/h4,7-8,10,12-13H,5-6,9,11H2,1-3H3/t12-,13+/m0/s1. The molecular formula is C16H23FN2O3S. The second kappa shape index (κ2) is 6.86. The zero-order valence-corrected chi connectivity index (χ0v) is 14.5. The van der Waals surface area contributed by atoms with Gasteiger partial charge in [0.1, 0.15) is 11.9 Å². The molecule has 1 aliphatic rings. The van der Waals surface area contributed by atoms with Crippen molar-refractivity contribution in [3.8, 4) is 0 Å². The van der Waals surface area contributed by atoms with E-state index >= 15 is 0 Å². The third-order valence-corrected chi connectivity index (χ3v) is 5.34. The lowest BCUT2D eigenvalue weighted by Gasteiger charge is -2.36. The molecule has 1 amide bonds. The van der Waals surface area contributed by atoms with Gasteiger partial charge < -0.3 is 4.90 Å². The van der Waals surface area contributed by atoms with Crippen LogP contribution in [0.25, 0.3) is 0 Å². The zero-order chi connectivity index (χ0) is 17.2. The van der Waals surface area contributed by atoms with Gasteiger partial charge in [-0.15, -0.1) is 0 Å². The van der Waals surface area contributed by atoms with Gasteiger partial charge in [0, 0.05) is 13.1 Å². The number of carbonyl (C=O) groups is 1. The minimum atomic E-state index is -3.71. The van der Waals surface area contributed by atoms with Gasteiger partial charge in [-0.1, -0.05) is 13.0 Å². The van der Waals surface area contributed by atoms with Crippen LogP contribution >= 0.6 is 0 Å². The van der Waals surface area contributed by atoms with Crippen molar-refractivity contribution in [3.05, 3.63) is 30.1 Å². The van der Waals surface area contributed by atoms with Crippen molar-refractivity contribution in [1.82, 2.24) is 4.90 Å². The van der Waals surface area contributed by atoms with Gasteiger partial charge in [0.25, 0.3) is 0 Å². The van der Waals surface area contributed by atoms with Crippen molar-refractivity contribution < 1.29 is 17.6 Å². The lowest BCUT2D eigenvalue weighted by atomic mass is 10.00. The molecule has 1 fully saturated rings. The van der Waals surface area contributed by atoms with Crippen LogP contribution in [0.3, 0.4) is 0 Å². The first-order chi connectivity index (χ1) is 10.7. The lowest BCUT2D eigenvalue weighted by molar-refractivity contribution is -0.133. The van der Waals surface area contributed by atoms with Crippen molar-refractivity contribution >= 4 is 21.6 Å². The molecule has 0 unspecified atom stereocenters. The Morgan fingerprint density at radius 3 is 2.70 bits per heavy atom. The van der Waals surface area contributed by atoms with Gasteiger partial charge in [0.2, 0.25) is 15.9 Å². The molecule has 1 aromatic rings.